The first-order valence-corrected chi connectivity index (χ1v) is 7.67. The van der Waals surface area contributed by atoms with Crippen molar-refractivity contribution in [1.29, 1.82) is 0 Å². The Morgan fingerprint density at radius 3 is 2.86 bits per heavy atom. The molecule has 8 heteroatoms. The van der Waals surface area contributed by atoms with Crippen LogP contribution in [0.25, 0.3) is 10.9 Å². The predicted molar refractivity (Wildman–Crippen MR) is 78.8 cm³/mol. The highest BCUT2D eigenvalue weighted by molar-refractivity contribution is 7.89. The van der Waals surface area contributed by atoms with Gasteiger partial charge >= 0.3 is 0 Å². The summed E-state index contributed by atoms with van der Waals surface area (Å²) in [4.78, 5) is 4.34. The third-order valence-electron chi connectivity index (χ3n) is 3.10. The van der Waals surface area contributed by atoms with Crippen LogP contribution in [-0.2, 0) is 16.6 Å². The first-order chi connectivity index (χ1) is 10.1. The van der Waals surface area contributed by atoms with Crippen LogP contribution in [0, 0.1) is 0 Å². The predicted octanol–water partition coefficient (Wildman–Crippen LogP) is 1.02. The monoisotopic (exact) mass is 303 g/mol. The van der Waals surface area contributed by atoms with E-state index in [2.05, 4.69) is 19.9 Å². The fourth-order valence-electron chi connectivity index (χ4n) is 2.02. The highest BCUT2D eigenvalue weighted by Crippen LogP contribution is 2.21. The van der Waals surface area contributed by atoms with Gasteiger partial charge in [-0.2, -0.15) is 5.10 Å². The molecule has 0 aliphatic rings. The van der Waals surface area contributed by atoms with Crippen LogP contribution >= 0.6 is 0 Å². The van der Waals surface area contributed by atoms with Gasteiger partial charge in [0, 0.05) is 23.7 Å². The Morgan fingerprint density at radius 1 is 1.24 bits per heavy atom. The van der Waals surface area contributed by atoms with E-state index in [1.54, 1.807) is 36.5 Å². The van der Waals surface area contributed by atoms with Crippen LogP contribution in [0.4, 0.5) is 5.82 Å². The average molecular weight is 303 g/mol. The number of aromatic nitrogens is 3. The molecule has 3 rings (SSSR count). The van der Waals surface area contributed by atoms with Crippen LogP contribution in [0.1, 0.15) is 5.56 Å². The van der Waals surface area contributed by atoms with Crippen molar-refractivity contribution in [2.45, 2.75) is 11.4 Å². The van der Waals surface area contributed by atoms with E-state index in [1.165, 1.54) is 6.20 Å². The molecule has 0 atom stereocenters. The van der Waals surface area contributed by atoms with Crippen LogP contribution in [-0.4, -0.2) is 23.6 Å². The number of benzene rings is 1. The van der Waals surface area contributed by atoms with E-state index in [9.17, 15) is 8.42 Å². The molecule has 0 aliphatic heterocycles. The van der Waals surface area contributed by atoms with Crippen molar-refractivity contribution in [2.75, 3.05) is 5.73 Å². The van der Waals surface area contributed by atoms with Gasteiger partial charge in [-0.15, -0.1) is 0 Å². The van der Waals surface area contributed by atoms with Gasteiger partial charge in [0.05, 0.1) is 16.6 Å². The number of pyridine rings is 1. The van der Waals surface area contributed by atoms with Crippen LogP contribution < -0.4 is 10.5 Å². The first kappa shape index (κ1) is 13.5. The molecule has 0 amide bonds. The van der Waals surface area contributed by atoms with Gasteiger partial charge in [-0.1, -0.05) is 6.07 Å². The van der Waals surface area contributed by atoms with E-state index in [0.29, 0.717) is 22.3 Å². The van der Waals surface area contributed by atoms with Crippen molar-refractivity contribution in [3.8, 4) is 0 Å². The zero-order valence-corrected chi connectivity index (χ0v) is 11.8. The molecule has 2 aromatic heterocycles. The Bertz CT molecular complexity index is 883. The van der Waals surface area contributed by atoms with E-state index in [-0.39, 0.29) is 11.4 Å². The molecular weight excluding hydrogens is 290 g/mol. The van der Waals surface area contributed by atoms with Crippen molar-refractivity contribution >= 4 is 26.7 Å². The molecule has 7 nitrogen and oxygen atoms in total. The summed E-state index contributed by atoms with van der Waals surface area (Å²) in [6.45, 7) is 0.0708. The summed E-state index contributed by atoms with van der Waals surface area (Å²) in [5.74, 6) is 0.345. The molecule has 0 unspecified atom stereocenters. The van der Waals surface area contributed by atoms with E-state index >= 15 is 0 Å². The molecule has 2 heterocycles. The number of fused-ring (bicyclic) bond motifs is 1. The Balaban J connectivity index is 1.95. The van der Waals surface area contributed by atoms with Gasteiger partial charge in [-0.25, -0.2) is 13.1 Å². The second kappa shape index (κ2) is 5.15. The molecule has 0 saturated heterocycles. The van der Waals surface area contributed by atoms with Gasteiger partial charge in [-0.3, -0.25) is 10.1 Å². The van der Waals surface area contributed by atoms with Crippen LogP contribution in [0.2, 0.25) is 0 Å². The molecule has 21 heavy (non-hydrogen) atoms. The second-order valence-corrected chi connectivity index (χ2v) is 6.20. The average Bonchev–Trinajstić information content (AvgIpc) is 2.90. The van der Waals surface area contributed by atoms with Crippen molar-refractivity contribution in [3.05, 3.63) is 48.3 Å². The zero-order chi connectivity index (χ0) is 14.9. The summed E-state index contributed by atoms with van der Waals surface area (Å²) in [6.07, 6.45) is 3.11. The Labute approximate surface area is 121 Å². The third kappa shape index (κ3) is 2.58. The Morgan fingerprint density at radius 2 is 2.10 bits per heavy atom. The normalized spacial score (nSPS) is 11.8. The van der Waals surface area contributed by atoms with E-state index < -0.39 is 10.0 Å². The molecular formula is C13H13N5O2S. The molecule has 0 aliphatic carbocycles. The minimum Gasteiger partial charge on any atom is -0.384 e. The molecule has 3 aromatic rings. The number of nitrogens with two attached hydrogens (primary N) is 1. The van der Waals surface area contributed by atoms with Crippen molar-refractivity contribution < 1.29 is 8.42 Å². The van der Waals surface area contributed by atoms with E-state index in [1.807, 2.05) is 0 Å². The minimum atomic E-state index is -3.67. The quantitative estimate of drug-likeness (QED) is 0.666. The SMILES string of the molecule is Nc1[nH]ncc1CNS(=O)(=O)c1cccc2ncccc12. The number of nitrogen functional groups attached to an aromatic ring is 1. The highest BCUT2D eigenvalue weighted by atomic mass is 32.2. The number of nitrogens with one attached hydrogen (secondary N) is 2. The smallest absolute Gasteiger partial charge is 0.241 e. The maximum atomic E-state index is 12.4. The van der Waals surface area contributed by atoms with Crippen molar-refractivity contribution in [2.24, 2.45) is 0 Å². The number of hydrogen-bond acceptors (Lipinski definition) is 5. The van der Waals surface area contributed by atoms with Gasteiger partial charge in [0.15, 0.2) is 0 Å². The maximum absolute atomic E-state index is 12.4. The fraction of sp³-hybridized carbons (Fsp3) is 0.0769. The highest BCUT2D eigenvalue weighted by Gasteiger charge is 2.17. The van der Waals surface area contributed by atoms with Gasteiger partial charge in [0.2, 0.25) is 10.0 Å². The summed E-state index contributed by atoms with van der Waals surface area (Å²) in [5, 5.41) is 6.88. The Kier molecular flexibility index (Phi) is 3.32. The number of rotatable bonds is 4. The van der Waals surface area contributed by atoms with E-state index in [0.717, 1.165) is 0 Å². The lowest BCUT2D eigenvalue weighted by Crippen LogP contribution is -2.23. The van der Waals surface area contributed by atoms with Gasteiger partial charge < -0.3 is 5.73 Å². The number of anilines is 1. The molecule has 0 bridgehead atoms. The molecule has 1 aromatic carbocycles. The number of H-pyrrole nitrogens is 1. The summed E-state index contributed by atoms with van der Waals surface area (Å²) in [7, 11) is -3.67. The number of sulfonamides is 1. The van der Waals surface area contributed by atoms with Crippen LogP contribution in [0.5, 0.6) is 0 Å². The summed E-state index contributed by atoms with van der Waals surface area (Å²) < 4.78 is 27.4. The van der Waals surface area contributed by atoms with Crippen LogP contribution in [0.15, 0.2) is 47.6 Å². The number of hydrogen-bond donors (Lipinski definition) is 3. The summed E-state index contributed by atoms with van der Waals surface area (Å²) in [5.41, 5.74) is 6.86. The largest absolute Gasteiger partial charge is 0.384 e. The van der Waals surface area contributed by atoms with Gasteiger partial charge in [-0.05, 0) is 24.3 Å². The molecule has 0 spiro atoms. The molecule has 0 saturated carbocycles. The molecule has 0 radical (unpaired) electrons. The van der Waals surface area contributed by atoms with E-state index in [4.69, 9.17) is 5.73 Å². The lowest BCUT2D eigenvalue weighted by atomic mass is 10.2. The fourth-order valence-corrected chi connectivity index (χ4v) is 3.24. The first-order valence-electron chi connectivity index (χ1n) is 6.19. The lowest BCUT2D eigenvalue weighted by Gasteiger charge is -2.08. The third-order valence-corrected chi connectivity index (χ3v) is 4.56. The number of nitrogens with zero attached hydrogens (tertiary/aromatic N) is 2. The maximum Gasteiger partial charge on any atom is 0.241 e. The molecule has 4 N–H and O–H groups in total. The molecule has 0 fully saturated rings. The summed E-state index contributed by atoms with van der Waals surface area (Å²) >= 11 is 0. The van der Waals surface area contributed by atoms with Crippen molar-refractivity contribution in [1.82, 2.24) is 19.9 Å². The van der Waals surface area contributed by atoms with Crippen LogP contribution in [0.3, 0.4) is 0 Å². The zero-order valence-electron chi connectivity index (χ0n) is 10.9. The van der Waals surface area contributed by atoms with Crippen molar-refractivity contribution in [3.63, 3.8) is 0 Å². The lowest BCUT2D eigenvalue weighted by molar-refractivity contribution is 0.582. The molecule has 108 valence electrons. The Hall–Kier alpha value is -2.45. The second-order valence-electron chi connectivity index (χ2n) is 4.46. The number of aromatic amines is 1. The van der Waals surface area contributed by atoms with Gasteiger partial charge in [0.25, 0.3) is 0 Å². The topological polar surface area (TPSA) is 114 Å². The summed E-state index contributed by atoms with van der Waals surface area (Å²) in [6, 6.07) is 8.40. The standard InChI is InChI=1S/C13H13N5O2S/c14-13-9(7-16-18-13)8-17-21(19,20)12-5-1-4-11-10(12)3-2-6-15-11/h1-7,17H,8H2,(H3,14,16,18). The minimum absolute atomic E-state index is 0.0708. The van der Waals surface area contributed by atoms with Gasteiger partial charge in [0.1, 0.15) is 5.82 Å².